The van der Waals surface area contributed by atoms with Crippen LogP contribution in [0.1, 0.15) is 24.2 Å². The summed E-state index contributed by atoms with van der Waals surface area (Å²) in [4.78, 5) is 25.9. The van der Waals surface area contributed by atoms with Crippen molar-refractivity contribution in [2.75, 3.05) is 24.4 Å². The van der Waals surface area contributed by atoms with Gasteiger partial charge in [-0.05, 0) is 46.7 Å². The summed E-state index contributed by atoms with van der Waals surface area (Å²) in [6.07, 6.45) is 1.42. The van der Waals surface area contributed by atoms with Crippen LogP contribution in [-0.4, -0.2) is 29.6 Å². The number of hydrogen-bond donors (Lipinski definition) is 3. The van der Waals surface area contributed by atoms with E-state index < -0.39 is 11.7 Å². The van der Waals surface area contributed by atoms with E-state index >= 15 is 0 Å². The van der Waals surface area contributed by atoms with Gasteiger partial charge in [0.15, 0.2) is 5.82 Å². The van der Waals surface area contributed by atoms with Crippen molar-refractivity contribution in [1.82, 2.24) is 15.4 Å². The van der Waals surface area contributed by atoms with Crippen LogP contribution in [0.15, 0.2) is 42.6 Å². The zero-order valence-corrected chi connectivity index (χ0v) is 21.0. The van der Waals surface area contributed by atoms with Crippen molar-refractivity contribution in [2.24, 2.45) is 5.92 Å². The first-order chi connectivity index (χ1) is 15.8. The Bertz CT molecular complexity index is 1150. The minimum absolute atomic E-state index is 0.156. The van der Waals surface area contributed by atoms with Gasteiger partial charge in [-0.15, -0.1) is 0 Å². The normalized spacial score (nSPS) is 10.8. The van der Waals surface area contributed by atoms with Crippen LogP contribution < -0.4 is 20.9 Å². The molecule has 8 nitrogen and oxygen atoms in total. The van der Waals surface area contributed by atoms with Crippen LogP contribution in [0.2, 0.25) is 5.02 Å². The molecule has 2 aromatic carbocycles. The number of anilines is 4. The Labute approximate surface area is 209 Å². The van der Waals surface area contributed by atoms with E-state index in [1.165, 1.54) is 19.4 Å². The Morgan fingerprint density at radius 2 is 1.97 bits per heavy atom. The smallest absolute Gasteiger partial charge is 0.277 e. The summed E-state index contributed by atoms with van der Waals surface area (Å²) in [6.45, 7) is 4.16. The van der Waals surface area contributed by atoms with Gasteiger partial charge in [-0.3, -0.25) is 9.63 Å². The Morgan fingerprint density at radius 1 is 1.21 bits per heavy atom. The van der Waals surface area contributed by atoms with Gasteiger partial charge in [0.25, 0.3) is 5.91 Å². The molecule has 0 radical (unpaired) electrons. The number of aromatic nitrogens is 2. The van der Waals surface area contributed by atoms with Crippen LogP contribution in [0.25, 0.3) is 0 Å². The lowest BCUT2D eigenvalue weighted by atomic mass is 10.1. The molecule has 0 spiro atoms. The van der Waals surface area contributed by atoms with Crippen LogP contribution in [0.3, 0.4) is 0 Å². The van der Waals surface area contributed by atoms with Crippen LogP contribution in [0.5, 0.6) is 5.75 Å². The third-order valence-electron chi connectivity index (χ3n) is 4.23. The molecule has 0 atom stereocenters. The van der Waals surface area contributed by atoms with Gasteiger partial charge in [0.1, 0.15) is 16.6 Å². The zero-order chi connectivity index (χ0) is 24.0. The van der Waals surface area contributed by atoms with E-state index in [9.17, 15) is 9.18 Å². The number of rotatable bonds is 9. The average Bonchev–Trinajstić information content (AvgIpc) is 2.77. The second kappa shape index (κ2) is 11.4. The topological polar surface area (TPSA) is 97.4 Å². The molecule has 11 heteroatoms. The maximum absolute atomic E-state index is 14.7. The third-order valence-corrected chi connectivity index (χ3v) is 5.45. The molecule has 0 saturated heterocycles. The first-order valence-electron chi connectivity index (χ1n) is 9.89. The lowest BCUT2D eigenvalue weighted by molar-refractivity contribution is 0.0205. The van der Waals surface area contributed by atoms with Crippen molar-refractivity contribution in [3.05, 3.63) is 62.6 Å². The number of hydroxylamine groups is 1. The monoisotopic (exact) mass is 585 g/mol. The molecule has 1 amide bonds. The Balaban J connectivity index is 1.82. The fraction of sp³-hybridized carbons (Fsp3) is 0.227. The summed E-state index contributed by atoms with van der Waals surface area (Å²) in [6, 6.07) is 10.0. The highest BCUT2D eigenvalue weighted by molar-refractivity contribution is 14.1. The number of amides is 1. The maximum Gasteiger partial charge on any atom is 0.277 e. The SMILES string of the molecule is COc1cc(C(=O)NOCC(C)C)c(F)cc1Nc1ncc(Cl)c(Nc2ccccc2I)n1. The molecule has 1 heterocycles. The zero-order valence-electron chi connectivity index (χ0n) is 18.1. The standard InChI is InChI=1S/C22H22ClFIN5O3/c1-12(2)11-33-30-21(31)13-8-19(32-3)18(9-15(13)24)28-22-26-10-14(23)20(29-22)27-17-7-5-4-6-16(17)25/h4-10,12H,11H2,1-3H3,(H,30,31)(H2,26,27,28,29). The molecule has 3 aromatic rings. The molecule has 33 heavy (non-hydrogen) atoms. The van der Waals surface area contributed by atoms with Crippen molar-refractivity contribution >= 4 is 63.2 Å². The lowest BCUT2D eigenvalue weighted by Gasteiger charge is -2.14. The molecule has 0 aliphatic carbocycles. The van der Waals surface area contributed by atoms with Gasteiger partial charge in [0, 0.05) is 9.64 Å². The van der Waals surface area contributed by atoms with Gasteiger partial charge in [-0.25, -0.2) is 14.9 Å². The fourth-order valence-corrected chi connectivity index (χ4v) is 3.31. The highest BCUT2D eigenvalue weighted by Gasteiger charge is 2.18. The molecule has 3 N–H and O–H groups in total. The van der Waals surface area contributed by atoms with Gasteiger partial charge < -0.3 is 15.4 Å². The van der Waals surface area contributed by atoms with Gasteiger partial charge in [0.2, 0.25) is 5.95 Å². The first kappa shape index (κ1) is 24.9. The second-order valence-corrected chi connectivity index (χ2v) is 8.86. The summed E-state index contributed by atoms with van der Waals surface area (Å²) in [5, 5.41) is 6.37. The average molecular weight is 586 g/mol. The number of carbonyl (C=O) groups is 1. The number of hydrogen-bond acceptors (Lipinski definition) is 7. The summed E-state index contributed by atoms with van der Waals surface area (Å²) in [5.74, 6) is -0.532. The molecule has 1 aromatic heterocycles. The number of nitrogens with zero attached hydrogens (tertiary/aromatic N) is 2. The highest BCUT2D eigenvalue weighted by atomic mass is 127. The van der Waals surface area contributed by atoms with Crippen LogP contribution in [-0.2, 0) is 4.84 Å². The lowest BCUT2D eigenvalue weighted by Crippen LogP contribution is -2.26. The van der Waals surface area contributed by atoms with Gasteiger partial charge >= 0.3 is 0 Å². The number of para-hydroxylation sites is 1. The Kier molecular flexibility index (Phi) is 8.64. The van der Waals surface area contributed by atoms with Gasteiger partial charge in [-0.1, -0.05) is 37.6 Å². The number of methoxy groups -OCH3 is 1. The molecular weight excluding hydrogens is 564 g/mol. The Morgan fingerprint density at radius 3 is 2.67 bits per heavy atom. The number of ether oxygens (including phenoxy) is 1. The van der Waals surface area contributed by atoms with Crippen molar-refractivity contribution < 1.29 is 18.8 Å². The fourth-order valence-electron chi connectivity index (χ4n) is 2.65. The predicted molar refractivity (Wildman–Crippen MR) is 134 cm³/mol. The van der Waals surface area contributed by atoms with Gasteiger partial charge in [-0.2, -0.15) is 4.98 Å². The summed E-state index contributed by atoms with van der Waals surface area (Å²) in [5.41, 5.74) is 3.06. The van der Waals surface area contributed by atoms with E-state index in [1.54, 1.807) is 0 Å². The van der Waals surface area contributed by atoms with E-state index in [4.69, 9.17) is 21.2 Å². The number of carbonyl (C=O) groups excluding carboxylic acids is 1. The number of benzene rings is 2. The molecule has 0 bridgehead atoms. The number of nitrogens with one attached hydrogen (secondary N) is 3. The van der Waals surface area contributed by atoms with Crippen molar-refractivity contribution in [1.29, 1.82) is 0 Å². The molecule has 0 aliphatic heterocycles. The molecule has 0 saturated carbocycles. The van der Waals surface area contributed by atoms with Gasteiger partial charge in [0.05, 0.1) is 36.9 Å². The van der Waals surface area contributed by atoms with E-state index in [1.807, 2.05) is 38.1 Å². The van der Waals surface area contributed by atoms with E-state index in [2.05, 4.69) is 48.7 Å². The molecule has 0 unspecified atom stereocenters. The predicted octanol–water partition coefficient (Wildman–Crippen LogP) is 5.69. The van der Waals surface area contributed by atoms with Crippen molar-refractivity contribution in [3.8, 4) is 5.75 Å². The molecular formula is C22H22ClFIN5O3. The maximum atomic E-state index is 14.7. The largest absolute Gasteiger partial charge is 0.495 e. The molecule has 3 rings (SSSR count). The third kappa shape index (κ3) is 6.65. The van der Waals surface area contributed by atoms with Crippen LogP contribution >= 0.6 is 34.2 Å². The van der Waals surface area contributed by atoms with E-state index in [0.29, 0.717) is 17.4 Å². The quantitative estimate of drug-likeness (QED) is 0.219. The molecule has 0 aliphatic rings. The van der Waals surface area contributed by atoms with Crippen molar-refractivity contribution in [2.45, 2.75) is 13.8 Å². The molecule has 174 valence electrons. The summed E-state index contributed by atoms with van der Waals surface area (Å²) >= 11 is 8.44. The molecule has 0 fully saturated rings. The highest BCUT2D eigenvalue weighted by Crippen LogP contribution is 2.32. The first-order valence-corrected chi connectivity index (χ1v) is 11.3. The van der Waals surface area contributed by atoms with E-state index in [-0.39, 0.29) is 28.9 Å². The number of halogens is 3. The van der Waals surface area contributed by atoms with E-state index in [0.717, 1.165) is 15.3 Å². The summed E-state index contributed by atoms with van der Waals surface area (Å²) < 4.78 is 21.0. The minimum Gasteiger partial charge on any atom is -0.495 e. The minimum atomic E-state index is -0.768. The Hall–Kier alpha value is -2.70. The van der Waals surface area contributed by atoms with Crippen LogP contribution in [0.4, 0.5) is 27.5 Å². The van der Waals surface area contributed by atoms with Crippen LogP contribution in [0, 0.1) is 15.3 Å². The van der Waals surface area contributed by atoms with Crippen molar-refractivity contribution in [3.63, 3.8) is 0 Å². The second-order valence-electron chi connectivity index (χ2n) is 7.29. The summed E-state index contributed by atoms with van der Waals surface area (Å²) in [7, 11) is 1.41.